The molecule has 3 rings (SSSR count). The van der Waals surface area contributed by atoms with E-state index < -0.39 is 17.4 Å². The highest BCUT2D eigenvalue weighted by Crippen LogP contribution is 2.30. The molecule has 0 saturated carbocycles. The van der Waals surface area contributed by atoms with Crippen LogP contribution in [0.4, 0.5) is 4.79 Å². The normalized spacial score (nSPS) is 15.0. The number of carbonyl (C=O) groups excluding carboxylic acids is 3. The number of rotatable bonds is 3. The van der Waals surface area contributed by atoms with E-state index in [1.54, 1.807) is 40.2 Å². The molecule has 3 heterocycles. The van der Waals surface area contributed by atoms with Crippen molar-refractivity contribution < 1.29 is 19.1 Å². The van der Waals surface area contributed by atoms with E-state index in [4.69, 9.17) is 4.74 Å². The first-order valence-corrected chi connectivity index (χ1v) is 10.7. The Bertz CT molecular complexity index is 922. The molecule has 9 nitrogen and oxygen atoms in total. The largest absolute Gasteiger partial charge is 0.444 e. The third-order valence-corrected chi connectivity index (χ3v) is 5.72. The number of thiazole rings is 1. The van der Waals surface area contributed by atoms with Gasteiger partial charge in [0.25, 0.3) is 11.8 Å². The lowest BCUT2D eigenvalue weighted by molar-refractivity contribution is 0.0204. The first-order valence-electron chi connectivity index (χ1n) is 9.79. The Balaban J connectivity index is 1.50. The Morgan fingerprint density at radius 1 is 1.17 bits per heavy atom. The molecule has 2 aromatic heterocycles. The fraction of sp³-hybridized carbons (Fsp3) is 0.500. The van der Waals surface area contributed by atoms with Crippen LogP contribution < -0.4 is 10.9 Å². The summed E-state index contributed by atoms with van der Waals surface area (Å²) >= 11 is 1.42. The van der Waals surface area contributed by atoms with Crippen molar-refractivity contribution in [1.29, 1.82) is 0 Å². The summed E-state index contributed by atoms with van der Waals surface area (Å²) in [5, 5.41) is 2.54. The molecule has 3 amide bonds. The summed E-state index contributed by atoms with van der Waals surface area (Å²) in [6.45, 7) is 6.73. The maximum Gasteiger partial charge on any atom is 0.410 e. The van der Waals surface area contributed by atoms with Crippen LogP contribution in [0.25, 0.3) is 0 Å². The van der Waals surface area contributed by atoms with E-state index >= 15 is 0 Å². The standard InChI is InChI=1S/C20H27N5O4S/c1-20(2,3)29-19(28)25-10-7-13(8-11-25)18-21-14(12-30-18)16(26)22-23-17(27)15-6-5-9-24(15)4/h5-6,9,12-13H,7-8,10-11H2,1-4H3,(H,22,26)(H,23,27). The molecule has 0 bridgehead atoms. The molecule has 2 N–H and O–H groups in total. The number of hydrogen-bond donors (Lipinski definition) is 2. The van der Waals surface area contributed by atoms with E-state index in [0.29, 0.717) is 18.8 Å². The van der Waals surface area contributed by atoms with Crippen molar-refractivity contribution in [3.8, 4) is 0 Å². The molecule has 0 atom stereocenters. The minimum atomic E-state index is -0.513. The first-order chi connectivity index (χ1) is 14.1. The van der Waals surface area contributed by atoms with Gasteiger partial charge < -0.3 is 14.2 Å². The van der Waals surface area contributed by atoms with Crippen LogP contribution in [0.5, 0.6) is 0 Å². The van der Waals surface area contributed by atoms with E-state index in [-0.39, 0.29) is 17.7 Å². The Kier molecular flexibility index (Phi) is 6.45. The van der Waals surface area contributed by atoms with Crippen LogP contribution in [0.3, 0.4) is 0 Å². The number of nitrogens with zero attached hydrogens (tertiary/aromatic N) is 3. The zero-order chi connectivity index (χ0) is 21.9. The SMILES string of the molecule is Cn1cccc1C(=O)NNC(=O)c1csc(C2CCN(C(=O)OC(C)(C)C)CC2)n1. The van der Waals surface area contributed by atoms with E-state index in [0.717, 1.165) is 17.8 Å². The minimum absolute atomic E-state index is 0.188. The van der Waals surface area contributed by atoms with Crippen LogP contribution in [0.15, 0.2) is 23.7 Å². The third-order valence-electron chi connectivity index (χ3n) is 4.72. The molecule has 0 spiro atoms. The molecular weight excluding hydrogens is 406 g/mol. The summed E-state index contributed by atoms with van der Waals surface area (Å²) < 4.78 is 7.08. The number of likely N-dealkylation sites (tertiary alicyclic amines) is 1. The van der Waals surface area contributed by atoms with Crippen molar-refractivity contribution in [3.05, 3.63) is 40.1 Å². The number of piperidine rings is 1. The maximum atomic E-state index is 12.3. The monoisotopic (exact) mass is 433 g/mol. The van der Waals surface area contributed by atoms with Crippen molar-refractivity contribution in [2.75, 3.05) is 13.1 Å². The first kappa shape index (κ1) is 21.8. The Morgan fingerprint density at radius 3 is 2.43 bits per heavy atom. The second-order valence-electron chi connectivity index (χ2n) is 8.23. The third kappa shape index (κ3) is 5.38. The van der Waals surface area contributed by atoms with Gasteiger partial charge in [-0.1, -0.05) is 0 Å². The van der Waals surface area contributed by atoms with Crippen LogP contribution in [-0.2, 0) is 11.8 Å². The topological polar surface area (TPSA) is 106 Å². The maximum absolute atomic E-state index is 12.3. The van der Waals surface area contributed by atoms with Crippen LogP contribution in [0, 0.1) is 0 Å². The molecule has 2 aromatic rings. The Labute approximate surface area is 179 Å². The summed E-state index contributed by atoms with van der Waals surface area (Å²) in [5.41, 5.74) is 4.98. The van der Waals surface area contributed by atoms with Gasteiger partial charge in [0.15, 0.2) is 0 Å². The van der Waals surface area contributed by atoms with E-state index in [2.05, 4.69) is 15.8 Å². The lowest BCUT2D eigenvalue weighted by atomic mass is 9.98. The van der Waals surface area contributed by atoms with E-state index in [1.165, 1.54) is 11.3 Å². The molecule has 0 radical (unpaired) electrons. The van der Waals surface area contributed by atoms with Crippen molar-refractivity contribution in [2.45, 2.75) is 45.1 Å². The average molecular weight is 434 g/mol. The number of carbonyl (C=O) groups is 3. The highest BCUT2D eigenvalue weighted by molar-refractivity contribution is 7.09. The second kappa shape index (κ2) is 8.86. The zero-order valence-corrected chi connectivity index (χ0v) is 18.4. The van der Waals surface area contributed by atoms with Gasteiger partial charge in [-0.25, -0.2) is 9.78 Å². The molecule has 1 aliphatic rings. The van der Waals surface area contributed by atoms with Crippen molar-refractivity contribution in [1.82, 2.24) is 25.3 Å². The van der Waals surface area contributed by atoms with E-state index in [9.17, 15) is 14.4 Å². The van der Waals surface area contributed by atoms with Crippen LogP contribution in [0.2, 0.25) is 0 Å². The number of hydrogen-bond acceptors (Lipinski definition) is 6. The van der Waals surface area contributed by atoms with Gasteiger partial charge in [-0.3, -0.25) is 20.4 Å². The summed E-state index contributed by atoms with van der Waals surface area (Å²) in [4.78, 5) is 42.7. The van der Waals surface area contributed by atoms with Gasteiger partial charge in [0, 0.05) is 37.6 Å². The molecule has 1 saturated heterocycles. The summed E-state index contributed by atoms with van der Waals surface area (Å²) in [7, 11) is 1.75. The van der Waals surface area contributed by atoms with Gasteiger partial charge in [0.2, 0.25) is 0 Å². The highest BCUT2D eigenvalue weighted by Gasteiger charge is 2.29. The molecule has 0 unspecified atom stereocenters. The van der Waals surface area contributed by atoms with Gasteiger partial charge in [-0.15, -0.1) is 11.3 Å². The smallest absolute Gasteiger partial charge is 0.410 e. The van der Waals surface area contributed by atoms with E-state index in [1.807, 2.05) is 20.8 Å². The molecule has 10 heteroatoms. The van der Waals surface area contributed by atoms with Crippen molar-refractivity contribution in [2.24, 2.45) is 7.05 Å². The minimum Gasteiger partial charge on any atom is -0.444 e. The number of ether oxygens (including phenoxy) is 1. The summed E-state index contributed by atoms with van der Waals surface area (Å²) in [6.07, 6.45) is 2.97. The molecule has 0 aliphatic carbocycles. The summed E-state index contributed by atoms with van der Waals surface area (Å²) in [6, 6.07) is 3.41. The molecule has 162 valence electrons. The van der Waals surface area contributed by atoms with Crippen molar-refractivity contribution in [3.63, 3.8) is 0 Å². The fourth-order valence-corrected chi connectivity index (χ4v) is 4.12. The zero-order valence-electron chi connectivity index (χ0n) is 17.6. The fourth-order valence-electron chi connectivity index (χ4n) is 3.15. The van der Waals surface area contributed by atoms with Crippen LogP contribution >= 0.6 is 11.3 Å². The second-order valence-corrected chi connectivity index (χ2v) is 9.11. The molecule has 0 aromatic carbocycles. The van der Waals surface area contributed by atoms with Gasteiger partial charge in [-0.05, 0) is 45.7 Å². The predicted octanol–water partition coefficient (Wildman–Crippen LogP) is 2.67. The highest BCUT2D eigenvalue weighted by atomic mass is 32.1. The molecule has 1 aliphatic heterocycles. The Morgan fingerprint density at radius 2 is 1.83 bits per heavy atom. The average Bonchev–Trinajstić information content (AvgIpc) is 3.34. The summed E-state index contributed by atoms with van der Waals surface area (Å²) in [5.74, 6) is -0.680. The number of hydrazine groups is 1. The molecule has 30 heavy (non-hydrogen) atoms. The molecule has 1 fully saturated rings. The van der Waals surface area contributed by atoms with Gasteiger partial charge in [-0.2, -0.15) is 0 Å². The Hall–Kier alpha value is -2.88. The quantitative estimate of drug-likeness (QED) is 0.724. The number of aryl methyl sites for hydroxylation is 1. The van der Waals surface area contributed by atoms with Crippen LogP contribution in [-0.4, -0.2) is 51.0 Å². The van der Waals surface area contributed by atoms with Gasteiger partial charge in [0.1, 0.15) is 17.0 Å². The van der Waals surface area contributed by atoms with Crippen molar-refractivity contribution >= 4 is 29.2 Å². The number of amides is 3. The number of aromatic nitrogens is 2. The van der Waals surface area contributed by atoms with Gasteiger partial charge in [0.05, 0.1) is 5.01 Å². The number of nitrogens with one attached hydrogen (secondary N) is 2. The lowest BCUT2D eigenvalue weighted by Gasteiger charge is -2.32. The predicted molar refractivity (Wildman–Crippen MR) is 112 cm³/mol. The lowest BCUT2D eigenvalue weighted by Crippen LogP contribution is -2.42. The van der Waals surface area contributed by atoms with Gasteiger partial charge >= 0.3 is 6.09 Å². The van der Waals surface area contributed by atoms with Crippen LogP contribution in [0.1, 0.15) is 65.5 Å². The molecular formula is C20H27N5O4S.